The van der Waals surface area contributed by atoms with Crippen LogP contribution in [-0.2, 0) is 28.7 Å². The fraction of sp³-hybridized carbons (Fsp3) is 0.118. The Labute approximate surface area is 165 Å². The zero-order valence-electron chi connectivity index (χ0n) is 14.7. The molecule has 11 nitrogen and oxygen atoms in total. The summed E-state index contributed by atoms with van der Waals surface area (Å²) in [7, 11) is -3.98. The van der Waals surface area contributed by atoms with E-state index in [1.165, 1.54) is 24.3 Å². The Kier molecular flexibility index (Phi) is 5.83. The number of benzene rings is 1. The molecule has 1 aromatic carbocycles. The first kappa shape index (κ1) is 19.9. The van der Waals surface area contributed by atoms with E-state index in [0.717, 1.165) is 6.20 Å². The summed E-state index contributed by atoms with van der Waals surface area (Å²) in [6.07, 6.45) is 1.81. The summed E-state index contributed by atoms with van der Waals surface area (Å²) >= 11 is 0. The van der Waals surface area contributed by atoms with E-state index < -0.39 is 27.9 Å². The molecule has 0 aliphatic carbocycles. The maximum atomic E-state index is 12.0. The van der Waals surface area contributed by atoms with Gasteiger partial charge in [-0.3, -0.25) is 15.0 Å². The third-order valence-corrected chi connectivity index (χ3v) is 4.80. The molecule has 1 saturated heterocycles. The molecule has 1 aromatic heterocycles. The lowest BCUT2D eigenvalue weighted by Gasteiger charge is -2.12. The summed E-state index contributed by atoms with van der Waals surface area (Å²) in [5.74, 6) is -1.93. The summed E-state index contributed by atoms with van der Waals surface area (Å²) in [6.45, 7) is 0. The average Bonchev–Trinajstić information content (AvgIpc) is 3.04. The fourth-order valence-electron chi connectivity index (χ4n) is 2.19. The minimum absolute atomic E-state index is 0.00469. The molecule has 0 saturated carbocycles. The van der Waals surface area contributed by atoms with Crippen LogP contribution in [0, 0.1) is 0 Å². The van der Waals surface area contributed by atoms with Crippen molar-refractivity contribution < 1.29 is 31.8 Å². The van der Waals surface area contributed by atoms with Crippen molar-refractivity contribution in [1.82, 2.24) is 10.0 Å². The zero-order valence-corrected chi connectivity index (χ0v) is 15.5. The van der Waals surface area contributed by atoms with Crippen molar-refractivity contribution in [3.8, 4) is 0 Å². The fourth-order valence-corrected chi connectivity index (χ4v) is 2.95. The predicted octanol–water partition coefficient (Wildman–Crippen LogP) is 1.06. The lowest BCUT2D eigenvalue weighted by atomic mass is 10.3. The topological polar surface area (TPSA) is 144 Å². The van der Waals surface area contributed by atoms with Gasteiger partial charge in [0.2, 0.25) is 6.40 Å². The summed E-state index contributed by atoms with van der Waals surface area (Å²) in [4.78, 5) is 43.5. The highest BCUT2D eigenvalue weighted by Crippen LogP contribution is 2.15. The molecule has 1 N–H and O–H groups in total. The van der Waals surface area contributed by atoms with Crippen LogP contribution < -0.4 is 5.43 Å². The van der Waals surface area contributed by atoms with Crippen LogP contribution in [0.5, 0.6) is 0 Å². The molecule has 1 aliphatic heterocycles. The standard InChI is InChI=1S/C17H14N4O7S/c22-15-8-9-16(23)21(15)28-17(24)12-6-7-14(18-10-12)20-19-11-27-29(25,26)13-4-2-1-3-5-13/h1-7,10-11H,8-9H2,(H,18,20). The van der Waals surface area contributed by atoms with Gasteiger partial charge in [-0.1, -0.05) is 18.2 Å². The second-order valence-electron chi connectivity index (χ2n) is 5.60. The van der Waals surface area contributed by atoms with Crippen LogP contribution in [0.4, 0.5) is 5.82 Å². The van der Waals surface area contributed by atoms with Gasteiger partial charge in [0.15, 0.2) is 0 Å². The number of nitrogens with zero attached hydrogens (tertiary/aromatic N) is 3. The van der Waals surface area contributed by atoms with E-state index in [1.807, 2.05) is 0 Å². The molecule has 0 atom stereocenters. The quantitative estimate of drug-likeness (QED) is 0.229. The molecule has 0 radical (unpaired) electrons. The van der Waals surface area contributed by atoms with Crippen LogP contribution in [0.2, 0.25) is 0 Å². The number of imide groups is 1. The number of hydrogen-bond acceptors (Lipinski definition) is 10. The number of hydrogen-bond donors (Lipinski definition) is 1. The third-order valence-electron chi connectivity index (χ3n) is 3.61. The van der Waals surface area contributed by atoms with Crippen molar-refractivity contribution in [2.24, 2.45) is 5.10 Å². The van der Waals surface area contributed by atoms with Gasteiger partial charge in [-0.2, -0.15) is 8.42 Å². The lowest BCUT2D eigenvalue weighted by Crippen LogP contribution is -2.32. The second kappa shape index (κ2) is 8.48. The predicted molar refractivity (Wildman–Crippen MR) is 97.6 cm³/mol. The highest BCUT2D eigenvalue weighted by Gasteiger charge is 2.33. The molecule has 2 heterocycles. The van der Waals surface area contributed by atoms with Crippen molar-refractivity contribution in [1.29, 1.82) is 0 Å². The Morgan fingerprint density at radius 3 is 2.41 bits per heavy atom. The van der Waals surface area contributed by atoms with Crippen molar-refractivity contribution >= 4 is 40.1 Å². The number of pyridine rings is 1. The number of carbonyl (C=O) groups is 3. The third kappa shape index (κ3) is 4.93. The summed E-state index contributed by atoms with van der Waals surface area (Å²) in [6, 6.07) is 10.2. The SMILES string of the molecule is O=C(ON1C(=O)CCC1=O)c1ccc(NN=COS(=O)(=O)c2ccccc2)nc1. The van der Waals surface area contributed by atoms with Gasteiger partial charge in [0.25, 0.3) is 11.8 Å². The van der Waals surface area contributed by atoms with E-state index >= 15 is 0 Å². The lowest BCUT2D eigenvalue weighted by molar-refractivity contribution is -0.172. The molecule has 3 rings (SSSR count). The van der Waals surface area contributed by atoms with Crippen LogP contribution in [0.15, 0.2) is 58.7 Å². The second-order valence-corrected chi connectivity index (χ2v) is 7.17. The van der Waals surface area contributed by atoms with Crippen LogP contribution in [0.25, 0.3) is 0 Å². The first-order valence-corrected chi connectivity index (χ1v) is 9.58. The highest BCUT2D eigenvalue weighted by molar-refractivity contribution is 7.87. The van der Waals surface area contributed by atoms with E-state index in [0.29, 0.717) is 11.5 Å². The number of nitrogens with one attached hydrogen (secondary N) is 1. The summed E-state index contributed by atoms with van der Waals surface area (Å²) in [5.41, 5.74) is 2.42. The largest absolute Gasteiger partial charge is 0.365 e. The van der Waals surface area contributed by atoms with E-state index in [1.54, 1.807) is 18.2 Å². The van der Waals surface area contributed by atoms with E-state index in [-0.39, 0.29) is 29.1 Å². The van der Waals surface area contributed by atoms with Crippen molar-refractivity contribution in [3.05, 3.63) is 54.2 Å². The van der Waals surface area contributed by atoms with Crippen LogP contribution >= 0.6 is 0 Å². The van der Waals surface area contributed by atoms with Gasteiger partial charge in [-0.15, -0.1) is 10.2 Å². The maximum Gasteiger partial charge on any atom is 0.365 e. The number of aromatic nitrogens is 1. The van der Waals surface area contributed by atoms with Crippen molar-refractivity contribution in [3.63, 3.8) is 0 Å². The minimum Gasteiger partial charge on any atom is -0.365 e. The number of hydrazone groups is 1. The molecule has 0 unspecified atom stereocenters. The normalized spacial score (nSPS) is 14.3. The number of hydroxylamine groups is 2. The van der Waals surface area contributed by atoms with Gasteiger partial charge >= 0.3 is 16.1 Å². The Balaban J connectivity index is 1.54. The van der Waals surface area contributed by atoms with Crippen LogP contribution in [-0.4, -0.2) is 42.6 Å². The first-order valence-electron chi connectivity index (χ1n) is 8.17. The summed E-state index contributed by atoms with van der Waals surface area (Å²) in [5, 5.41) is 4.01. The Morgan fingerprint density at radius 2 is 1.79 bits per heavy atom. The van der Waals surface area contributed by atoms with E-state index in [4.69, 9.17) is 4.84 Å². The first-order chi connectivity index (χ1) is 13.9. The molecule has 2 amide bonds. The van der Waals surface area contributed by atoms with Gasteiger partial charge in [0.1, 0.15) is 10.7 Å². The molecule has 29 heavy (non-hydrogen) atoms. The Morgan fingerprint density at radius 1 is 1.10 bits per heavy atom. The highest BCUT2D eigenvalue weighted by atomic mass is 32.2. The molecule has 2 aromatic rings. The van der Waals surface area contributed by atoms with Crippen LogP contribution in [0.1, 0.15) is 23.2 Å². The number of rotatable bonds is 7. The van der Waals surface area contributed by atoms with Gasteiger partial charge < -0.3 is 9.02 Å². The Hall–Kier alpha value is -3.80. The zero-order chi connectivity index (χ0) is 20.9. The van der Waals surface area contributed by atoms with Crippen molar-refractivity contribution in [2.45, 2.75) is 17.7 Å². The van der Waals surface area contributed by atoms with Gasteiger partial charge in [-0.25, -0.2) is 9.78 Å². The van der Waals surface area contributed by atoms with Gasteiger partial charge in [0.05, 0.1) is 5.56 Å². The minimum atomic E-state index is -3.98. The maximum absolute atomic E-state index is 12.0. The Bertz CT molecular complexity index is 1040. The molecule has 1 fully saturated rings. The van der Waals surface area contributed by atoms with E-state index in [9.17, 15) is 22.8 Å². The molecule has 12 heteroatoms. The summed E-state index contributed by atoms with van der Waals surface area (Å²) < 4.78 is 28.4. The molecular weight excluding hydrogens is 404 g/mol. The molecule has 1 aliphatic rings. The monoisotopic (exact) mass is 418 g/mol. The molecule has 150 valence electrons. The van der Waals surface area contributed by atoms with Crippen molar-refractivity contribution in [2.75, 3.05) is 5.43 Å². The number of amides is 2. The molecular formula is C17H14N4O7S. The molecule has 0 bridgehead atoms. The van der Waals surface area contributed by atoms with E-state index in [2.05, 4.69) is 19.7 Å². The number of anilines is 1. The van der Waals surface area contributed by atoms with Crippen LogP contribution in [0.3, 0.4) is 0 Å². The molecule has 0 spiro atoms. The average molecular weight is 418 g/mol. The van der Waals surface area contributed by atoms with Gasteiger partial charge in [0, 0.05) is 19.0 Å². The number of carbonyl (C=O) groups excluding carboxylic acids is 3. The smallest absolute Gasteiger partial charge is 0.365 e. The van der Waals surface area contributed by atoms with Gasteiger partial charge in [-0.05, 0) is 24.3 Å².